The maximum atomic E-state index is 11.8. The largest absolute Gasteiger partial charge is 1.00 e. The average Bonchev–Trinajstić information content (AvgIpc) is 2.46. The van der Waals surface area contributed by atoms with Crippen molar-refractivity contribution in [3.05, 3.63) is 34.9 Å². The molecule has 23 heavy (non-hydrogen) atoms. The van der Waals surface area contributed by atoms with Crippen molar-refractivity contribution < 1.29 is 39.5 Å². The van der Waals surface area contributed by atoms with Crippen molar-refractivity contribution in [3.63, 3.8) is 0 Å². The normalized spacial score (nSPS) is 32.7. The minimum Gasteiger partial charge on any atom is -0.550 e. The second kappa shape index (κ2) is 6.54. The first-order valence-electron chi connectivity index (χ1n) is 8.64. The Morgan fingerprint density at radius 2 is 1.96 bits per heavy atom. The molecule has 2 aliphatic carbocycles. The van der Waals surface area contributed by atoms with E-state index in [1.807, 2.05) is 6.92 Å². The van der Waals surface area contributed by atoms with Crippen molar-refractivity contribution >= 4 is 5.97 Å². The molecule has 1 saturated carbocycles. The number of fused-ring (bicyclic) bond motifs is 3. The van der Waals surface area contributed by atoms with Gasteiger partial charge in [0, 0.05) is 11.4 Å². The fraction of sp³-hybridized carbons (Fsp3) is 0.650. The number of rotatable bonds is 2. The van der Waals surface area contributed by atoms with Crippen molar-refractivity contribution in [2.45, 2.75) is 71.1 Å². The van der Waals surface area contributed by atoms with Crippen LogP contribution in [0, 0.1) is 11.3 Å². The predicted molar refractivity (Wildman–Crippen MR) is 86.7 cm³/mol. The number of benzene rings is 1. The smallest absolute Gasteiger partial charge is 0.550 e. The van der Waals surface area contributed by atoms with Crippen LogP contribution in [-0.4, -0.2) is 5.97 Å². The van der Waals surface area contributed by atoms with E-state index >= 15 is 0 Å². The third-order valence-electron chi connectivity index (χ3n) is 6.51. The molecule has 1 aromatic rings. The van der Waals surface area contributed by atoms with E-state index in [2.05, 4.69) is 39.0 Å². The van der Waals surface area contributed by atoms with E-state index in [1.54, 1.807) is 0 Å². The fourth-order valence-corrected chi connectivity index (χ4v) is 5.11. The minimum atomic E-state index is -0.856. The van der Waals surface area contributed by atoms with Crippen molar-refractivity contribution in [2.75, 3.05) is 0 Å². The van der Waals surface area contributed by atoms with E-state index in [1.165, 1.54) is 16.7 Å². The van der Waals surface area contributed by atoms with E-state index in [9.17, 15) is 9.90 Å². The summed E-state index contributed by atoms with van der Waals surface area (Å²) < 4.78 is 0. The molecule has 0 heterocycles. The number of carbonyl (C=O) groups excluding carboxylic acids is 1. The van der Waals surface area contributed by atoms with Crippen LogP contribution in [0.4, 0.5) is 0 Å². The molecule has 0 bridgehead atoms. The second-order valence-corrected chi connectivity index (χ2v) is 8.14. The number of carbonyl (C=O) groups is 1. The van der Waals surface area contributed by atoms with Gasteiger partial charge in [-0.15, -0.1) is 0 Å². The third-order valence-corrected chi connectivity index (χ3v) is 6.51. The standard InChI is InChI=1S/C20H28O2.Na/c1-13(2)14-6-8-16-15(12-14)7-9-17-19(16,3)10-5-11-20(17,4)18(21)22;/h6,8,12-13,17H,5,7,9-11H2,1-4H3,(H,21,22);/q;+1/p-1/t17-,19-,20-;/m1./s1. The third kappa shape index (κ3) is 2.92. The molecule has 0 aromatic heterocycles. The van der Waals surface area contributed by atoms with Gasteiger partial charge in [0.1, 0.15) is 0 Å². The summed E-state index contributed by atoms with van der Waals surface area (Å²) >= 11 is 0. The summed E-state index contributed by atoms with van der Waals surface area (Å²) in [6.07, 6.45) is 4.79. The Bertz CT molecular complexity index is 610. The summed E-state index contributed by atoms with van der Waals surface area (Å²) in [6, 6.07) is 6.87. The molecule has 0 N–H and O–H groups in total. The zero-order valence-corrected chi connectivity index (χ0v) is 17.2. The van der Waals surface area contributed by atoms with Gasteiger partial charge in [-0.25, -0.2) is 0 Å². The summed E-state index contributed by atoms with van der Waals surface area (Å²) in [5.41, 5.74) is 3.52. The van der Waals surface area contributed by atoms with Crippen LogP contribution in [0.15, 0.2) is 18.2 Å². The Kier molecular flexibility index (Phi) is 5.41. The average molecular weight is 322 g/mol. The van der Waals surface area contributed by atoms with Gasteiger partial charge in [-0.05, 0) is 59.6 Å². The number of aryl methyl sites for hydroxylation is 1. The molecule has 1 fully saturated rings. The molecule has 3 heteroatoms. The molecule has 0 saturated heterocycles. The van der Waals surface area contributed by atoms with Crippen molar-refractivity contribution in [1.29, 1.82) is 0 Å². The molecule has 2 aliphatic rings. The van der Waals surface area contributed by atoms with Gasteiger partial charge in [-0.1, -0.05) is 52.3 Å². The molecule has 120 valence electrons. The van der Waals surface area contributed by atoms with Crippen LogP contribution < -0.4 is 34.7 Å². The monoisotopic (exact) mass is 322 g/mol. The minimum absolute atomic E-state index is 0. The number of hydrogen-bond donors (Lipinski definition) is 0. The molecule has 0 radical (unpaired) electrons. The first-order chi connectivity index (χ1) is 10.3. The summed E-state index contributed by atoms with van der Waals surface area (Å²) in [7, 11) is 0. The zero-order valence-electron chi connectivity index (χ0n) is 15.2. The maximum Gasteiger partial charge on any atom is 1.00 e. The molecule has 1 aromatic carbocycles. The quantitative estimate of drug-likeness (QED) is 0.747. The van der Waals surface area contributed by atoms with E-state index < -0.39 is 11.4 Å². The Morgan fingerprint density at radius 3 is 2.57 bits per heavy atom. The first kappa shape index (κ1) is 19.0. The topological polar surface area (TPSA) is 40.1 Å². The van der Waals surface area contributed by atoms with Crippen LogP contribution in [0.2, 0.25) is 0 Å². The van der Waals surface area contributed by atoms with Gasteiger partial charge in [0.15, 0.2) is 0 Å². The summed E-state index contributed by atoms with van der Waals surface area (Å²) in [4.78, 5) is 11.8. The SMILES string of the molecule is CC(C)c1ccc2c(c1)CC[C@H]1[C@](C)(C(=O)[O-])CCC[C@]21C.[Na+]. The van der Waals surface area contributed by atoms with Crippen molar-refractivity contribution in [1.82, 2.24) is 0 Å². The van der Waals surface area contributed by atoms with Gasteiger partial charge in [-0.3, -0.25) is 0 Å². The van der Waals surface area contributed by atoms with Gasteiger partial charge in [0.2, 0.25) is 0 Å². The van der Waals surface area contributed by atoms with Gasteiger partial charge >= 0.3 is 29.6 Å². The molecule has 0 unspecified atom stereocenters. The Balaban J connectivity index is 0.00000192. The molecular formula is C20H27NaO2. The maximum absolute atomic E-state index is 11.8. The van der Waals surface area contributed by atoms with E-state index in [-0.39, 0.29) is 40.9 Å². The van der Waals surface area contributed by atoms with Gasteiger partial charge in [0.05, 0.1) is 0 Å². The van der Waals surface area contributed by atoms with Gasteiger partial charge in [-0.2, -0.15) is 0 Å². The van der Waals surface area contributed by atoms with Crippen LogP contribution in [0.5, 0.6) is 0 Å². The molecule has 0 amide bonds. The number of carboxylic acid groups (broad SMARTS) is 1. The fourth-order valence-electron chi connectivity index (χ4n) is 5.11. The Hall–Kier alpha value is -0.310. The van der Waals surface area contributed by atoms with Gasteiger partial charge < -0.3 is 9.90 Å². The molecule has 3 atom stereocenters. The predicted octanol–water partition coefficient (Wildman–Crippen LogP) is 0.574. The van der Waals surface area contributed by atoms with E-state index in [0.29, 0.717) is 5.92 Å². The van der Waals surface area contributed by atoms with Crippen LogP contribution in [0.1, 0.15) is 76.0 Å². The summed E-state index contributed by atoms with van der Waals surface area (Å²) in [5.74, 6) is -0.127. The van der Waals surface area contributed by atoms with E-state index in [4.69, 9.17) is 0 Å². The Labute approximate surface area is 162 Å². The number of carboxylic acids is 1. The van der Waals surface area contributed by atoms with E-state index in [0.717, 1.165) is 32.1 Å². The molecular weight excluding hydrogens is 295 g/mol. The van der Waals surface area contributed by atoms with Crippen LogP contribution in [-0.2, 0) is 16.6 Å². The molecule has 0 aliphatic heterocycles. The molecule has 0 spiro atoms. The summed E-state index contributed by atoms with van der Waals surface area (Å²) in [6.45, 7) is 8.65. The second-order valence-electron chi connectivity index (χ2n) is 8.14. The molecule has 3 rings (SSSR count). The Morgan fingerprint density at radius 1 is 1.26 bits per heavy atom. The van der Waals surface area contributed by atoms with Crippen LogP contribution in [0.25, 0.3) is 0 Å². The summed E-state index contributed by atoms with van der Waals surface area (Å²) in [5, 5.41) is 11.8. The number of aliphatic carboxylic acids is 1. The van der Waals surface area contributed by atoms with Crippen molar-refractivity contribution in [2.24, 2.45) is 11.3 Å². The molecule has 2 nitrogen and oxygen atoms in total. The van der Waals surface area contributed by atoms with Crippen molar-refractivity contribution in [3.8, 4) is 0 Å². The zero-order chi connectivity index (χ0) is 16.1. The van der Waals surface area contributed by atoms with Crippen LogP contribution >= 0.6 is 0 Å². The van der Waals surface area contributed by atoms with Gasteiger partial charge in [0.25, 0.3) is 0 Å². The first-order valence-corrected chi connectivity index (χ1v) is 8.64. The number of hydrogen-bond acceptors (Lipinski definition) is 2. The van der Waals surface area contributed by atoms with Crippen LogP contribution in [0.3, 0.4) is 0 Å².